The van der Waals surface area contributed by atoms with Crippen molar-refractivity contribution in [2.45, 2.75) is 69.1 Å². The van der Waals surface area contributed by atoms with E-state index in [0.717, 1.165) is 49.4 Å². The van der Waals surface area contributed by atoms with Gasteiger partial charge in [-0.15, -0.1) is 0 Å². The van der Waals surface area contributed by atoms with Crippen molar-refractivity contribution in [3.05, 3.63) is 65.1 Å². The quantitative estimate of drug-likeness (QED) is 0.265. The lowest BCUT2D eigenvalue weighted by Crippen LogP contribution is -2.34. The van der Waals surface area contributed by atoms with Crippen LogP contribution in [0.2, 0.25) is 0 Å². The lowest BCUT2D eigenvalue weighted by Gasteiger charge is -2.35. The van der Waals surface area contributed by atoms with E-state index >= 15 is 8.78 Å². The van der Waals surface area contributed by atoms with Crippen LogP contribution in [0.3, 0.4) is 0 Å². The summed E-state index contributed by atoms with van der Waals surface area (Å²) in [4.78, 5) is 3.74. The van der Waals surface area contributed by atoms with E-state index < -0.39 is 43.8 Å². The molecule has 0 radical (unpaired) electrons. The minimum Gasteiger partial charge on any atom is -0.383 e. The third kappa shape index (κ3) is 5.23. The van der Waals surface area contributed by atoms with E-state index in [4.69, 9.17) is 15.2 Å². The third-order valence-electron chi connectivity index (χ3n) is 8.21. The van der Waals surface area contributed by atoms with Gasteiger partial charge in [0.15, 0.2) is 5.79 Å². The van der Waals surface area contributed by atoms with Crippen molar-refractivity contribution in [2.75, 3.05) is 23.7 Å². The molecular weight excluding hydrogens is 583 g/mol. The summed E-state index contributed by atoms with van der Waals surface area (Å²) < 4.78 is 86.6. The molecule has 43 heavy (non-hydrogen) atoms. The molecule has 228 valence electrons. The number of nitrogen functional groups attached to an aromatic ring is 1. The van der Waals surface area contributed by atoms with Crippen molar-refractivity contribution in [3.8, 4) is 11.3 Å². The molecule has 6 rings (SSSR count). The number of rotatable bonds is 6. The number of nitrogens with zero attached hydrogens (tertiary/aromatic N) is 3. The molecule has 2 aromatic carbocycles. The Bertz CT molecular complexity index is 1830. The van der Waals surface area contributed by atoms with E-state index in [9.17, 15) is 12.8 Å². The first-order valence-corrected chi connectivity index (χ1v) is 15.6. The SMILES string of the molecule is Cc1ccc(F)c(S(=O)(=O)Nc2cc(F)c(-c3nn(C(C)C)c4c(C5CCC6(CC5)OCCO6)cnc(N)c34)cc2F)c1. The van der Waals surface area contributed by atoms with Crippen molar-refractivity contribution in [2.24, 2.45) is 0 Å². The molecule has 0 atom stereocenters. The largest absolute Gasteiger partial charge is 0.383 e. The van der Waals surface area contributed by atoms with Crippen molar-refractivity contribution in [1.29, 1.82) is 0 Å². The number of ether oxygens (including phenoxy) is 2. The summed E-state index contributed by atoms with van der Waals surface area (Å²) in [6, 6.07) is 4.92. The third-order valence-corrected chi connectivity index (χ3v) is 9.59. The maximum absolute atomic E-state index is 15.7. The number of benzene rings is 2. The number of hydrogen-bond donors (Lipinski definition) is 2. The molecular formula is C30H32F3N5O4S. The molecule has 1 spiro atoms. The molecule has 0 unspecified atom stereocenters. The van der Waals surface area contributed by atoms with Gasteiger partial charge in [0, 0.05) is 36.7 Å². The average molecular weight is 616 g/mol. The van der Waals surface area contributed by atoms with Crippen molar-refractivity contribution >= 4 is 32.4 Å². The van der Waals surface area contributed by atoms with Gasteiger partial charge in [0.25, 0.3) is 10.0 Å². The molecule has 2 aliphatic rings. The molecule has 3 heterocycles. The van der Waals surface area contributed by atoms with Gasteiger partial charge in [0.05, 0.1) is 29.8 Å². The van der Waals surface area contributed by atoms with Gasteiger partial charge in [-0.3, -0.25) is 9.40 Å². The smallest absolute Gasteiger partial charge is 0.264 e. The predicted octanol–water partition coefficient (Wildman–Crippen LogP) is 6.19. The molecule has 2 fully saturated rings. The number of nitrogens with one attached hydrogen (secondary N) is 1. The Morgan fingerprint density at radius 1 is 1.05 bits per heavy atom. The number of halogens is 3. The van der Waals surface area contributed by atoms with Gasteiger partial charge < -0.3 is 15.2 Å². The second-order valence-corrected chi connectivity index (χ2v) is 13.1. The van der Waals surface area contributed by atoms with Crippen LogP contribution in [0.5, 0.6) is 0 Å². The van der Waals surface area contributed by atoms with Crippen molar-refractivity contribution in [1.82, 2.24) is 14.8 Å². The predicted molar refractivity (Wildman–Crippen MR) is 155 cm³/mol. The summed E-state index contributed by atoms with van der Waals surface area (Å²) in [5.41, 5.74) is 7.61. The van der Waals surface area contributed by atoms with Crippen LogP contribution in [0, 0.1) is 24.4 Å². The molecule has 1 saturated carbocycles. The second-order valence-electron chi connectivity index (χ2n) is 11.4. The molecule has 9 nitrogen and oxygen atoms in total. The highest BCUT2D eigenvalue weighted by Crippen LogP contribution is 2.46. The number of sulfonamides is 1. The number of anilines is 2. The maximum atomic E-state index is 15.7. The maximum Gasteiger partial charge on any atom is 0.264 e. The number of aromatic nitrogens is 3. The highest BCUT2D eigenvalue weighted by atomic mass is 32.2. The number of nitrogens with two attached hydrogens (primary N) is 1. The van der Waals surface area contributed by atoms with E-state index in [1.165, 1.54) is 6.07 Å². The van der Waals surface area contributed by atoms with Crippen LogP contribution in [0.15, 0.2) is 41.4 Å². The first-order valence-electron chi connectivity index (χ1n) is 14.1. The Kier molecular flexibility index (Phi) is 7.38. The van der Waals surface area contributed by atoms with Crippen LogP contribution >= 0.6 is 0 Å². The minimum absolute atomic E-state index is 0.0841. The number of aryl methyl sites for hydroxylation is 1. The molecule has 13 heteroatoms. The summed E-state index contributed by atoms with van der Waals surface area (Å²) >= 11 is 0. The van der Waals surface area contributed by atoms with Crippen LogP contribution in [-0.4, -0.2) is 42.2 Å². The molecule has 0 amide bonds. The zero-order valence-corrected chi connectivity index (χ0v) is 24.8. The summed E-state index contributed by atoms with van der Waals surface area (Å²) in [6.45, 7) is 6.58. The number of hydrogen-bond acceptors (Lipinski definition) is 7. The Hall–Kier alpha value is -3.68. The topological polar surface area (TPSA) is 121 Å². The zero-order chi connectivity index (χ0) is 30.7. The van der Waals surface area contributed by atoms with E-state index in [1.807, 2.05) is 18.6 Å². The fourth-order valence-corrected chi connectivity index (χ4v) is 7.28. The Balaban J connectivity index is 1.41. The first kappa shape index (κ1) is 29.4. The first-order chi connectivity index (χ1) is 20.4. The highest BCUT2D eigenvalue weighted by Gasteiger charge is 2.41. The van der Waals surface area contributed by atoms with Gasteiger partial charge >= 0.3 is 0 Å². The average Bonchev–Trinajstić information content (AvgIpc) is 3.58. The highest BCUT2D eigenvalue weighted by molar-refractivity contribution is 7.92. The second kappa shape index (κ2) is 10.8. The number of pyridine rings is 1. The van der Waals surface area contributed by atoms with E-state index in [0.29, 0.717) is 35.7 Å². The normalized spacial score (nSPS) is 17.4. The molecule has 2 aromatic heterocycles. The summed E-state index contributed by atoms with van der Waals surface area (Å²) in [5, 5.41) is 5.06. The Morgan fingerprint density at radius 3 is 2.42 bits per heavy atom. The van der Waals surface area contributed by atoms with Crippen LogP contribution < -0.4 is 10.5 Å². The fraction of sp³-hybridized carbons (Fsp3) is 0.400. The monoisotopic (exact) mass is 615 g/mol. The van der Waals surface area contributed by atoms with Gasteiger partial charge in [-0.1, -0.05) is 6.07 Å². The van der Waals surface area contributed by atoms with Gasteiger partial charge in [0.1, 0.15) is 33.9 Å². The van der Waals surface area contributed by atoms with Crippen LogP contribution in [-0.2, 0) is 19.5 Å². The van der Waals surface area contributed by atoms with Crippen molar-refractivity contribution in [3.63, 3.8) is 0 Å². The van der Waals surface area contributed by atoms with Crippen LogP contribution in [0.1, 0.15) is 62.6 Å². The lowest BCUT2D eigenvalue weighted by atomic mass is 9.80. The number of fused-ring (bicyclic) bond motifs is 1. The van der Waals surface area contributed by atoms with Gasteiger partial charge in [0.2, 0.25) is 0 Å². The van der Waals surface area contributed by atoms with Gasteiger partial charge in [-0.05, 0) is 68.9 Å². The molecule has 0 bridgehead atoms. The molecule has 1 aliphatic heterocycles. The Labute approximate surface area is 247 Å². The van der Waals surface area contributed by atoms with Crippen LogP contribution in [0.4, 0.5) is 24.7 Å². The molecule has 3 N–H and O–H groups in total. The van der Waals surface area contributed by atoms with E-state index in [1.54, 1.807) is 17.8 Å². The van der Waals surface area contributed by atoms with Crippen molar-refractivity contribution < 1.29 is 31.1 Å². The summed E-state index contributed by atoms with van der Waals surface area (Å²) in [5.74, 6) is -3.38. The standard InChI is InChI=1S/C30H32F3N5O4S/c1-16(2)38-28-20(18-6-8-30(9-7-18)41-10-11-42-30)15-35-29(34)26(28)27(36-38)19-13-23(33)24(14-22(19)32)37-43(39,40)25-12-17(3)4-5-21(25)31/h4-5,12-16,18,37H,6-11H2,1-3H3,(H2,34,35). The summed E-state index contributed by atoms with van der Waals surface area (Å²) in [6.07, 6.45) is 4.71. The molecule has 4 aromatic rings. The molecule has 1 saturated heterocycles. The van der Waals surface area contributed by atoms with Gasteiger partial charge in [-0.2, -0.15) is 5.10 Å². The van der Waals surface area contributed by atoms with Gasteiger partial charge in [-0.25, -0.2) is 26.6 Å². The molecule has 1 aliphatic carbocycles. The zero-order valence-electron chi connectivity index (χ0n) is 24.0. The Morgan fingerprint density at radius 2 is 1.74 bits per heavy atom. The lowest BCUT2D eigenvalue weighted by molar-refractivity contribution is -0.178. The van der Waals surface area contributed by atoms with Crippen LogP contribution in [0.25, 0.3) is 22.2 Å². The fourth-order valence-electron chi connectivity index (χ4n) is 6.06. The summed E-state index contributed by atoms with van der Waals surface area (Å²) in [7, 11) is -4.56. The minimum atomic E-state index is -4.56. The van der Waals surface area contributed by atoms with E-state index in [-0.39, 0.29) is 29.0 Å². The van der Waals surface area contributed by atoms with E-state index in [2.05, 4.69) is 10.1 Å².